The first-order valence-electron chi connectivity index (χ1n) is 10.6. The maximum Gasteiger partial charge on any atom is 0.276 e. The van der Waals surface area contributed by atoms with Gasteiger partial charge in [-0.15, -0.1) is 0 Å². The van der Waals surface area contributed by atoms with Gasteiger partial charge in [0.1, 0.15) is 5.52 Å². The van der Waals surface area contributed by atoms with E-state index in [9.17, 15) is 4.79 Å². The van der Waals surface area contributed by atoms with Crippen molar-refractivity contribution in [3.05, 3.63) is 84.5 Å². The number of hydrogen-bond acceptors (Lipinski definition) is 6. The van der Waals surface area contributed by atoms with Gasteiger partial charge in [0.15, 0.2) is 28.7 Å². The Balaban J connectivity index is 1.56. The van der Waals surface area contributed by atoms with Gasteiger partial charge in [0.05, 0.1) is 19.9 Å². The number of rotatable bonds is 6. The average Bonchev–Trinajstić information content (AvgIpc) is 3.47. The monoisotopic (exact) mass is 454 g/mol. The summed E-state index contributed by atoms with van der Waals surface area (Å²) in [5.74, 6) is 1.38. The summed E-state index contributed by atoms with van der Waals surface area (Å²) in [6.07, 6.45) is 1.83. The summed E-state index contributed by atoms with van der Waals surface area (Å²) in [5.41, 5.74) is 4.46. The van der Waals surface area contributed by atoms with Gasteiger partial charge in [-0.25, -0.2) is 9.67 Å². The number of fused-ring (bicyclic) bond motifs is 1. The van der Waals surface area contributed by atoms with Gasteiger partial charge >= 0.3 is 0 Å². The first-order valence-corrected chi connectivity index (χ1v) is 10.6. The third-order valence-corrected chi connectivity index (χ3v) is 5.40. The quantitative estimate of drug-likeness (QED) is 0.376. The van der Waals surface area contributed by atoms with Crippen molar-refractivity contribution in [2.75, 3.05) is 19.5 Å². The average molecular weight is 454 g/mol. The highest BCUT2D eigenvalue weighted by molar-refractivity contribution is 6.07. The Morgan fingerprint density at radius 2 is 1.76 bits per heavy atom. The molecule has 8 heteroatoms. The van der Waals surface area contributed by atoms with E-state index in [4.69, 9.17) is 13.9 Å². The molecular formula is C26H22N4O4. The highest BCUT2D eigenvalue weighted by Crippen LogP contribution is 2.34. The molecule has 5 rings (SSSR count). The van der Waals surface area contributed by atoms with E-state index in [1.165, 1.54) is 0 Å². The molecule has 170 valence electrons. The fraction of sp³-hybridized carbons (Fsp3) is 0.115. The van der Waals surface area contributed by atoms with Crippen LogP contribution in [0.25, 0.3) is 27.9 Å². The Kier molecular flexibility index (Phi) is 5.47. The molecule has 0 saturated carbocycles. The second-order valence-corrected chi connectivity index (χ2v) is 7.61. The lowest BCUT2D eigenvalue weighted by Crippen LogP contribution is -2.14. The molecule has 8 nitrogen and oxygen atoms in total. The van der Waals surface area contributed by atoms with E-state index in [1.807, 2.05) is 48.7 Å². The van der Waals surface area contributed by atoms with Crippen molar-refractivity contribution >= 4 is 22.7 Å². The van der Waals surface area contributed by atoms with Crippen LogP contribution in [-0.4, -0.2) is 34.9 Å². The molecule has 0 aliphatic carbocycles. The molecule has 0 radical (unpaired) electrons. The summed E-state index contributed by atoms with van der Waals surface area (Å²) < 4.78 is 18.0. The summed E-state index contributed by atoms with van der Waals surface area (Å²) in [7, 11) is 3.15. The molecule has 0 unspecified atom stereocenters. The van der Waals surface area contributed by atoms with Crippen LogP contribution in [0.15, 0.2) is 77.3 Å². The molecule has 5 aromatic rings. The number of nitrogens with zero attached hydrogens (tertiary/aromatic N) is 3. The van der Waals surface area contributed by atoms with Crippen LogP contribution in [0.5, 0.6) is 11.5 Å². The Morgan fingerprint density at radius 3 is 2.53 bits per heavy atom. The molecule has 0 saturated heterocycles. The fourth-order valence-electron chi connectivity index (χ4n) is 3.78. The summed E-state index contributed by atoms with van der Waals surface area (Å²) in [5, 5.41) is 7.55. The highest BCUT2D eigenvalue weighted by atomic mass is 16.5. The van der Waals surface area contributed by atoms with Crippen LogP contribution in [0.2, 0.25) is 0 Å². The smallest absolute Gasteiger partial charge is 0.276 e. The van der Waals surface area contributed by atoms with Crippen molar-refractivity contribution in [1.29, 1.82) is 0 Å². The zero-order chi connectivity index (χ0) is 23.7. The Labute approximate surface area is 195 Å². The molecule has 0 aliphatic rings. The first-order chi connectivity index (χ1) is 16.6. The largest absolute Gasteiger partial charge is 0.493 e. The molecule has 2 heterocycles. The number of oxazole rings is 1. The number of hydrogen-bond donors (Lipinski definition) is 1. The lowest BCUT2D eigenvalue weighted by Gasteiger charge is -2.10. The molecule has 0 bridgehead atoms. The van der Waals surface area contributed by atoms with Crippen molar-refractivity contribution in [2.45, 2.75) is 6.92 Å². The molecule has 0 fully saturated rings. The van der Waals surface area contributed by atoms with Gasteiger partial charge in [0.25, 0.3) is 5.91 Å². The van der Waals surface area contributed by atoms with Crippen molar-refractivity contribution in [2.24, 2.45) is 0 Å². The van der Waals surface area contributed by atoms with E-state index in [0.29, 0.717) is 39.7 Å². The van der Waals surface area contributed by atoms with Crippen molar-refractivity contribution in [1.82, 2.24) is 14.8 Å². The zero-order valence-corrected chi connectivity index (χ0v) is 18.9. The number of carbonyl (C=O) groups excluding carboxylic acids is 1. The van der Waals surface area contributed by atoms with Crippen molar-refractivity contribution < 1.29 is 18.7 Å². The Hall–Kier alpha value is -4.59. The number of aromatic nitrogens is 3. The van der Waals surface area contributed by atoms with Crippen molar-refractivity contribution in [3.63, 3.8) is 0 Å². The third-order valence-electron chi connectivity index (χ3n) is 5.40. The molecule has 0 spiro atoms. The molecule has 1 amide bonds. The highest BCUT2D eigenvalue weighted by Gasteiger charge is 2.21. The summed E-state index contributed by atoms with van der Waals surface area (Å²) in [6.45, 7) is 1.78. The van der Waals surface area contributed by atoms with E-state index < -0.39 is 0 Å². The van der Waals surface area contributed by atoms with Crippen LogP contribution in [0.3, 0.4) is 0 Å². The number of amides is 1. The number of benzene rings is 3. The van der Waals surface area contributed by atoms with Gasteiger partial charge in [0, 0.05) is 24.4 Å². The van der Waals surface area contributed by atoms with E-state index in [1.54, 1.807) is 50.1 Å². The van der Waals surface area contributed by atoms with Gasteiger partial charge in [-0.3, -0.25) is 4.79 Å². The number of anilines is 1. The van der Waals surface area contributed by atoms with E-state index in [0.717, 1.165) is 11.3 Å². The normalized spacial score (nSPS) is 10.9. The number of ether oxygens (including phenoxy) is 2. The Bertz CT molecular complexity index is 1490. The maximum atomic E-state index is 13.4. The Morgan fingerprint density at radius 1 is 0.971 bits per heavy atom. The van der Waals surface area contributed by atoms with Crippen LogP contribution < -0.4 is 14.8 Å². The lowest BCUT2D eigenvalue weighted by atomic mass is 10.1. The molecule has 3 aromatic carbocycles. The van der Waals surface area contributed by atoms with Gasteiger partial charge in [-0.1, -0.05) is 24.3 Å². The van der Waals surface area contributed by atoms with Crippen molar-refractivity contribution in [3.8, 4) is 28.3 Å². The molecule has 0 atom stereocenters. The number of methoxy groups -OCH3 is 2. The summed E-state index contributed by atoms with van der Waals surface area (Å²) >= 11 is 0. The minimum absolute atomic E-state index is 0.271. The molecule has 2 aromatic heterocycles. The number of carbonyl (C=O) groups is 1. The predicted octanol–water partition coefficient (Wildman–Crippen LogP) is 5.26. The van der Waals surface area contributed by atoms with Gasteiger partial charge in [0.2, 0.25) is 0 Å². The van der Waals surface area contributed by atoms with Gasteiger partial charge in [-0.2, -0.15) is 5.10 Å². The lowest BCUT2D eigenvalue weighted by molar-refractivity contribution is 0.102. The second-order valence-electron chi connectivity index (χ2n) is 7.61. The molecule has 0 aliphatic heterocycles. The topological polar surface area (TPSA) is 91.4 Å². The predicted molar refractivity (Wildman–Crippen MR) is 129 cm³/mol. The van der Waals surface area contributed by atoms with Crippen LogP contribution >= 0.6 is 0 Å². The van der Waals surface area contributed by atoms with E-state index >= 15 is 0 Å². The van der Waals surface area contributed by atoms with E-state index in [2.05, 4.69) is 15.4 Å². The molecule has 34 heavy (non-hydrogen) atoms. The van der Waals surface area contributed by atoms with E-state index in [-0.39, 0.29) is 11.6 Å². The van der Waals surface area contributed by atoms with Crippen LogP contribution in [0.1, 0.15) is 16.4 Å². The number of nitrogens with one attached hydrogen (secondary N) is 1. The van der Waals surface area contributed by atoms with Crippen LogP contribution in [0.4, 0.5) is 5.69 Å². The first kappa shape index (κ1) is 21.3. The zero-order valence-electron chi connectivity index (χ0n) is 18.9. The number of aryl methyl sites for hydroxylation is 1. The maximum absolute atomic E-state index is 13.4. The van der Waals surface area contributed by atoms with Gasteiger partial charge in [-0.05, 0) is 48.0 Å². The second kappa shape index (κ2) is 8.74. The molecule has 1 N–H and O–H groups in total. The van der Waals surface area contributed by atoms with Crippen LogP contribution in [0, 0.1) is 6.92 Å². The SMILES string of the molecule is COc1ccc(-c2cn(-c3ccccc3)nc2C(=O)Nc2ccc3oc(C)nc3c2)cc1OC. The summed E-state index contributed by atoms with van der Waals surface area (Å²) in [4.78, 5) is 17.7. The minimum Gasteiger partial charge on any atom is -0.493 e. The standard InChI is InChI=1S/C26H22N4O4/c1-16-27-21-14-18(10-12-22(21)34-16)28-26(31)25-20(15-30(29-25)19-7-5-4-6-8-19)17-9-11-23(32-2)24(13-17)33-3/h4-15H,1-3H3,(H,28,31). The fourth-order valence-corrected chi connectivity index (χ4v) is 3.78. The number of para-hydroxylation sites is 1. The summed E-state index contributed by atoms with van der Waals surface area (Å²) in [6, 6.07) is 20.4. The third kappa shape index (κ3) is 3.97. The van der Waals surface area contributed by atoms with Crippen LogP contribution in [-0.2, 0) is 0 Å². The van der Waals surface area contributed by atoms with Gasteiger partial charge < -0.3 is 19.2 Å². The minimum atomic E-state index is -0.348. The molecular weight excluding hydrogens is 432 g/mol.